The molecule has 9 rings (SSSR count). The molecule has 0 atom stereocenters. The lowest BCUT2D eigenvalue weighted by Crippen LogP contribution is -1.91. The van der Waals surface area contributed by atoms with E-state index in [0.29, 0.717) is 16.7 Å². The van der Waals surface area contributed by atoms with Crippen molar-refractivity contribution in [3.05, 3.63) is 158 Å². The van der Waals surface area contributed by atoms with Gasteiger partial charge in [0.15, 0.2) is 0 Å². The van der Waals surface area contributed by atoms with Gasteiger partial charge < -0.3 is 4.42 Å². The second-order valence-electron chi connectivity index (χ2n) is 10.8. The highest BCUT2D eigenvalue weighted by molar-refractivity contribution is 6.22. The van der Waals surface area contributed by atoms with Crippen LogP contribution in [0.4, 0.5) is 0 Å². The monoisotopic (exact) mass is 552 g/mol. The van der Waals surface area contributed by atoms with E-state index in [1.54, 1.807) is 0 Å². The van der Waals surface area contributed by atoms with Crippen molar-refractivity contribution in [1.82, 2.24) is 0 Å². The zero-order chi connectivity index (χ0) is 33.6. The first-order valence-corrected chi connectivity index (χ1v) is 14.3. The Hall–Kier alpha value is -5.66. The molecule has 0 saturated carbocycles. The lowest BCUT2D eigenvalue weighted by Gasteiger charge is -2.18. The standard InChI is InChI=1S/C42H26O/c1-2-12-28(13-3-1)32-19-10-20-37-38-26-31(23-24-39(38)43-42(32)37)41-35-17-8-6-15-33(35)40(34-16-7-9-18-36(34)41)30-22-21-27-11-4-5-14-29(27)25-30/h1-26H/i10D,19D,20D,23D,24D,26D. The van der Waals surface area contributed by atoms with Crippen LogP contribution in [-0.4, -0.2) is 0 Å². The number of rotatable bonds is 3. The number of furan rings is 1. The molecule has 0 aliphatic carbocycles. The first-order valence-electron chi connectivity index (χ1n) is 17.3. The summed E-state index contributed by atoms with van der Waals surface area (Å²) in [4.78, 5) is 0. The van der Waals surface area contributed by atoms with Crippen LogP contribution < -0.4 is 0 Å². The predicted molar refractivity (Wildman–Crippen MR) is 183 cm³/mol. The highest BCUT2D eigenvalue weighted by Crippen LogP contribution is 2.45. The van der Waals surface area contributed by atoms with Crippen LogP contribution in [0.15, 0.2) is 162 Å². The summed E-state index contributed by atoms with van der Waals surface area (Å²) < 4.78 is 61.0. The molecular formula is C42H26O. The summed E-state index contributed by atoms with van der Waals surface area (Å²) >= 11 is 0. The van der Waals surface area contributed by atoms with Gasteiger partial charge in [-0.25, -0.2) is 0 Å². The highest BCUT2D eigenvalue weighted by atomic mass is 16.3. The molecule has 1 aromatic heterocycles. The van der Waals surface area contributed by atoms with E-state index >= 15 is 0 Å². The summed E-state index contributed by atoms with van der Waals surface area (Å²) in [5, 5.41) is 6.26. The first-order chi connectivity index (χ1) is 23.8. The third-order valence-electron chi connectivity index (χ3n) is 8.34. The van der Waals surface area contributed by atoms with Gasteiger partial charge in [0.2, 0.25) is 0 Å². The molecule has 9 aromatic rings. The van der Waals surface area contributed by atoms with Gasteiger partial charge in [0.05, 0.1) is 8.22 Å². The molecule has 0 saturated heterocycles. The summed E-state index contributed by atoms with van der Waals surface area (Å²) in [6, 6.07) is 38.7. The van der Waals surface area contributed by atoms with E-state index in [-0.39, 0.29) is 63.8 Å². The molecule has 0 fully saturated rings. The van der Waals surface area contributed by atoms with Gasteiger partial charge in [0, 0.05) is 16.3 Å². The van der Waals surface area contributed by atoms with E-state index in [9.17, 15) is 4.11 Å². The van der Waals surface area contributed by atoms with E-state index in [1.165, 1.54) is 0 Å². The molecule has 0 radical (unpaired) electrons. The average molecular weight is 553 g/mol. The van der Waals surface area contributed by atoms with Gasteiger partial charge in [-0.2, -0.15) is 0 Å². The predicted octanol–water partition coefficient (Wildman–Crippen LogP) is 12.0. The SMILES string of the molecule is [2H]c1c(-c2c3ccccc3c(-c3ccc4ccccc4c3)c3ccccc23)c([2H])c2c(oc3c(-c4ccccc4)c([2H])c([2H])c([2H])c32)c1[2H]. The van der Waals surface area contributed by atoms with Crippen LogP contribution in [0.1, 0.15) is 8.22 Å². The number of hydrogen-bond donors (Lipinski definition) is 0. The van der Waals surface area contributed by atoms with Crippen LogP contribution in [0, 0.1) is 0 Å². The molecule has 200 valence electrons. The fourth-order valence-electron chi connectivity index (χ4n) is 6.41. The number of para-hydroxylation sites is 1. The van der Waals surface area contributed by atoms with Crippen molar-refractivity contribution in [1.29, 1.82) is 0 Å². The second-order valence-corrected chi connectivity index (χ2v) is 10.8. The van der Waals surface area contributed by atoms with Crippen molar-refractivity contribution in [3.63, 3.8) is 0 Å². The molecular weight excluding hydrogens is 520 g/mol. The summed E-state index contributed by atoms with van der Waals surface area (Å²) in [5.74, 6) is 0. The summed E-state index contributed by atoms with van der Waals surface area (Å²) in [7, 11) is 0. The Morgan fingerprint density at radius 1 is 0.442 bits per heavy atom. The number of benzene rings is 8. The third kappa shape index (κ3) is 3.72. The summed E-state index contributed by atoms with van der Waals surface area (Å²) in [5.41, 5.74) is 4.16. The van der Waals surface area contributed by atoms with Crippen molar-refractivity contribution < 1.29 is 12.6 Å². The molecule has 1 heterocycles. The van der Waals surface area contributed by atoms with Gasteiger partial charge in [0.25, 0.3) is 0 Å². The minimum atomic E-state index is -0.285. The molecule has 0 amide bonds. The fraction of sp³-hybridized carbons (Fsp3) is 0. The smallest absolute Gasteiger partial charge is 0.143 e. The molecule has 1 heteroatoms. The first kappa shape index (κ1) is 18.7. The molecule has 8 aromatic carbocycles. The topological polar surface area (TPSA) is 13.1 Å². The molecule has 0 bridgehead atoms. The Morgan fingerprint density at radius 2 is 1.07 bits per heavy atom. The Balaban J connectivity index is 1.43. The van der Waals surface area contributed by atoms with Crippen LogP contribution in [0.3, 0.4) is 0 Å². The van der Waals surface area contributed by atoms with Crippen molar-refractivity contribution in [2.24, 2.45) is 0 Å². The minimum Gasteiger partial charge on any atom is -0.455 e. The second kappa shape index (κ2) is 9.44. The number of fused-ring (bicyclic) bond motifs is 6. The van der Waals surface area contributed by atoms with Gasteiger partial charge in [-0.3, -0.25) is 0 Å². The lowest BCUT2D eigenvalue weighted by atomic mass is 9.85. The Morgan fingerprint density at radius 3 is 1.79 bits per heavy atom. The van der Waals surface area contributed by atoms with E-state index in [1.807, 2.05) is 78.9 Å². The lowest BCUT2D eigenvalue weighted by molar-refractivity contribution is 0.670. The summed E-state index contributed by atoms with van der Waals surface area (Å²) in [6.07, 6.45) is 0. The van der Waals surface area contributed by atoms with E-state index in [0.717, 1.165) is 43.4 Å². The third-order valence-corrected chi connectivity index (χ3v) is 8.34. The maximum absolute atomic E-state index is 9.71. The molecule has 0 aliphatic heterocycles. The van der Waals surface area contributed by atoms with E-state index < -0.39 is 0 Å². The maximum Gasteiger partial charge on any atom is 0.143 e. The molecule has 1 nitrogen and oxygen atoms in total. The van der Waals surface area contributed by atoms with Gasteiger partial charge in [-0.05, 0) is 78.3 Å². The number of hydrogen-bond acceptors (Lipinski definition) is 1. The Labute approximate surface area is 257 Å². The molecule has 0 N–H and O–H groups in total. The van der Waals surface area contributed by atoms with Crippen molar-refractivity contribution in [2.75, 3.05) is 0 Å². The van der Waals surface area contributed by atoms with Crippen molar-refractivity contribution >= 4 is 54.3 Å². The minimum absolute atomic E-state index is 0.00539. The van der Waals surface area contributed by atoms with Gasteiger partial charge >= 0.3 is 0 Å². The zero-order valence-electron chi connectivity index (χ0n) is 29.0. The summed E-state index contributed by atoms with van der Waals surface area (Å²) in [6.45, 7) is 0. The quantitative estimate of drug-likeness (QED) is 0.199. The average Bonchev–Trinajstić information content (AvgIpc) is 3.54. The van der Waals surface area contributed by atoms with Crippen LogP contribution >= 0.6 is 0 Å². The van der Waals surface area contributed by atoms with E-state index in [4.69, 9.17) is 8.53 Å². The van der Waals surface area contributed by atoms with Crippen LogP contribution in [0.25, 0.3) is 87.6 Å². The van der Waals surface area contributed by atoms with E-state index in [2.05, 4.69) is 42.5 Å². The fourth-order valence-corrected chi connectivity index (χ4v) is 6.41. The van der Waals surface area contributed by atoms with Gasteiger partial charge in [0.1, 0.15) is 11.2 Å². The van der Waals surface area contributed by atoms with Gasteiger partial charge in [-0.1, -0.05) is 139 Å². The van der Waals surface area contributed by atoms with Gasteiger partial charge in [-0.15, -0.1) is 0 Å². The molecule has 0 aliphatic rings. The van der Waals surface area contributed by atoms with Crippen LogP contribution in [0.2, 0.25) is 0 Å². The molecule has 43 heavy (non-hydrogen) atoms. The van der Waals surface area contributed by atoms with Crippen LogP contribution in [-0.2, 0) is 0 Å². The largest absolute Gasteiger partial charge is 0.455 e. The normalized spacial score (nSPS) is 13.7. The Kier molecular flexibility index (Phi) is 4.11. The van der Waals surface area contributed by atoms with Crippen molar-refractivity contribution in [3.8, 4) is 33.4 Å². The Bertz CT molecular complexity index is 2780. The highest BCUT2D eigenvalue weighted by Gasteiger charge is 2.18. The van der Waals surface area contributed by atoms with Crippen molar-refractivity contribution in [2.45, 2.75) is 0 Å². The molecule has 0 unspecified atom stereocenters. The molecule has 0 spiro atoms. The van der Waals surface area contributed by atoms with Crippen LogP contribution in [0.5, 0.6) is 0 Å². The zero-order valence-corrected chi connectivity index (χ0v) is 23.0. The maximum atomic E-state index is 9.71.